The molecule has 3 unspecified atom stereocenters. The molecule has 0 spiro atoms. The van der Waals surface area contributed by atoms with E-state index in [1.54, 1.807) is 13.0 Å². The SMILES string of the molecule is CC.Cc1cn(C2CCC(C(O)(O)OP3OCc4c(F)c(C(C)(C)C)cc(C(C)(C)C)c4O3)O2)c(=O)[nH]c1=O. The van der Waals surface area contributed by atoms with Crippen molar-refractivity contribution in [1.82, 2.24) is 9.55 Å². The van der Waals surface area contributed by atoms with Gasteiger partial charge >= 0.3 is 20.3 Å². The molecular formula is C27H40FN2O8P. The molecular weight excluding hydrogens is 530 g/mol. The van der Waals surface area contributed by atoms with Crippen LogP contribution < -0.4 is 15.8 Å². The van der Waals surface area contributed by atoms with Crippen LogP contribution in [0, 0.1) is 12.7 Å². The molecule has 1 saturated heterocycles. The van der Waals surface area contributed by atoms with E-state index in [2.05, 4.69) is 4.98 Å². The number of aromatic amines is 1. The molecule has 0 saturated carbocycles. The highest BCUT2D eigenvalue weighted by Gasteiger charge is 2.48. The molecule has 2 aromatic rings. The zero-order valence-corrected chi connectivity index (χ0v) is 24.9. The Morgan fingerprint density at radius 1 is 1.08 bits per heavy atom. The van der Waals surface area contributed by atoms with E-state index in [1.807, 2.05) is 55.4 Å². The maximum atomic E-state index is 15.5. The van der Waals surface area contributed by atoms with Gasteiger partial charge in [-0.2, -0.15) is 0 Å². The summed E-state index contributed by atoms with van der Waals surface area (Å²) in [6.45, 7) is 17.1. The largest absolute Gasteiger partial charge is 0.426 e. The van der Waals surface area contributed by atoms with Crippen molar-refractivity contribution in [2.75, 3.05) is 0 Å². The van der Waals surface area contributed by atoms with Gasteiger partial charge in [0.25, 0.3) is 5.56 Å². The second-order valence-corrected chi connectivity index (χ2v) is 12.6. The molecule has 2 aliphatic heterocycles. The number of aryl methyl sites for hydroxylation is 1. The van der Waals surface area contributed by atoms with Crippen LogP contribution in [0.15, 0.2) is 21.9 Å². The van der Waals surface area contributed by atoms with Gasteiger partial charge in [0.15, 0.2) is 0 Å². The third-order valence-electron chi connectivity index (χ3n) is 6.49. The van der Waals surface area contributed by atoms with Crippen molar-refractivity contribution in [1.29, 1.82) is 0 Å². The van der Waals surface area contributed by atoms with Crippen molar-refractivity contribution in [3.8, 4) is 5.75 Å². The topological polar surface area (TPSA) is 132 Å². The number of nitrogens with one attached hydrogen (secondary N) is 1. The number of fused-ring (bicyclic) bond motifs is 1. The van der Waals surface area contributed by atoms with E-state index in [1.165, 1.54) is 10.8 Å². The van der Waals surface area contributed by atoms with Gasteiger partial charge in [-0.05, 0) is 42.2 Å². The molecule has 10 nitrogen and oxygen atoms in total. The average molecular weight is 571 g/mol. The summed E-state index contributed by atoms with van der Waals surface area (Å²) in [5.41, 5.74) is -0.188. The Morgan fingerprint density at radius 2 is 1.69 bits per heavy atom. The smallest absolute Gasteiger partial charge is 0.402 e. The van der Waals surface area contributed by atoms with E-state index in [0.717, 1.165) is 5.56 Å². The lowest BCUT2D eigenvalue weighted by Crippen LogP contribution is -2.44. The second kappa shape index (κ2) is 11.4. The van der Waals surface area contributed by atoms with Gasteiger partial charge in [-0.25, -0.2) is 13.7 Å². The Kier molecular flexibility index (Phi) is 9.17. The lowest BCUT2D eigenvalue weighted by Gasteiger charge is -2.35. The third-order valence-corrected chi connectivity index (χ3v) is 7.58. The molecule has 1 aromatic heterocycles. The molecule has 3 atom stereocenters. The van der Waals surface area contributed by atoms with Crippen LogP contribution in [0.25, 0.3) is 0 Å². The van der Waals surface area contributed by atoms with E-state index in [-0.39, 0.29) is 30.8 Å². The summed E-state index contributed by atoms with van der Waals surface area (Å²) in [6, 6.07) is 1.78. The fraction of sp³-hybridized carbons (Fsp3) is 0.630. The molecule has 0 aliphatic carbocycles. The monoisotopic (exact) mass is 570 g/mol. The molecule has 2 aliphatic rings. The zero-order chi connectivity index (χ0) is 29.5. The molecule has 3 N–H and O–H groups in total. The Labute approximate surface area is 229 Å². The maximum absolute atomic E-state index is 15.5. The summed E-state index contributed by atoms with van der Waals surface area (Å²) in [7, 11) is -2.32. The fourth-order valence-corrected chi connectivity index (χ4v) is 5.44. The highest BCUT2D eigenvalue weighted by Crippen LogP contribution is 2.54. The molecule has 39 heavy (non-hydrogen) atoms. The minimum Gasteiger partial charge on any atom is -0.426 e. The Balaban J connectivity index is 0.00000205. The summed E-state index contributed by atoms with van der Waals surface area (Å²) >= 11 is 0. The molecule has 0 amide bonds. The Bertz CT molecular complexity index is 1310. The van der Waals surface area contributed by atoms with Crippen LogP contribution in [0.1, 0.15) is 96.7 Å². The van der Waals surface area contributed by atoms with Crippen LogP contribution in [-0.4, -0.2) is 31.8 Å². The van der Waals surface area contributed by atoms with Gasteiger partial charge < -0.3 is 19.5 Å². The predicted molar refractivity (Wildman–Crippen MR) is 145 cm³/mol. The van der Waals surface area contributed by atoms with Gasteiger partial charge in [0.05, 0.1) is 12.2 Å². The zero-order valence-electron chi connectivity index (χ0n) is 24.0. The lowest BCUT2D eigenvalue weighted by atomic mass is 9.78. The summed E-state index contributed by atoms with van der Waals surface area (Å²) < 4.78 is 39.3. The summed E-state index contributed by atoms with van der Waals surface area (Å²) in [6.07, 6.45) is -0.323. The van der Waals surface area contributed by atoms with E-state index in [0.29, 0.717) is 11.1 Å². The number of aliphatic hydroxyl groups is 2. The molecule has 0 bridgehead atoms. The number of nitrogens with zero attached hydrogens (tertiary/aromatic N) is 1. The molecule has 218 valence electrons. The van der Waals surface area contributed by atoms with Crippen LogP contribution in [0.4, 0.5) is 4.39 Å². The first-order chi connectivity index (χ1) is 18.0. The van der Waals surface area contributed by atoms with Gasteiger partial charge in [0, 0.05) is 17.3 Å². The summed E-state index contributed by atoms with van der Waals surface area (Å²) in [4.78, 5) is 26.1. The van der Waals surface area contributed by atoms with Crippen molar-refractivity contribution >= 4 is 8.60 Å². The molecule has 3 heterocycles. The molecule has 12 heteroatoms. The van der Waals surface area contributed by atoms with Crippen molar-refractivity contribution < 1.29 is 32.9 Å². The van der Waals surface area contributed by atoms with Crippen molar-refractivity contribution in [2.45, 2.75) is 111 Å². The number of benzene rings is 1. The fourth-order valence-electron chi connectivity index (χ4n) is 4.37. The average Bonchev–Trinajstić information content (AvgIpc) is 3.32. The van der Waals surface area contributed by atoms with Crippen LogP contribution in [-0.2, 0) is 31.2 Å². The Morgan fingerprint density at radius 3 is 2.28 bits per heavy atom. The number of rotatable bonds is 4. The van der Waals surface area contributed by atoms with E-state index >= 15 is 4.39 Å². The first-order valence-electron chi connectivity index (χ1n) is 13.1. The van der Waals surface area contributed by atoms with E-state index in [4.69, 9.17) is 18.3 Å². The van der Waals surface area contributed by atoms with Gasteiger partial charge in [0.2, 0.25) is 0 Å². The first kappa shape index (κ1) is 31.4. The number of ether oxygens (including phenoxy) is 1. The lowest BCUT2D eigenvalue weighted by molar-refractivity contribution is -0.346. The highest BCUT2D eigenvalue weighted by atomic mass is 31.2. The molecule has 4 rings (SSSR count). The van der Waals surface area contributed by atoms with Crippen LogP contribution in [0.3, 0.4) is 0 Å². The van der Waals surface area contributed by atoms with Crippen molar-refractivity contribution in [3.63, 3.8) is 0 Å². The van der Waals surface area contributed by atoms with Gasteiger partial charge in [-0.3, -0.25) is 18.9 Å². The van der Waals surface area contributed by atoms with Crippen LogP contribution >= 0.6 is 8.60 Å². The van der Waals surface area contributed by atoms with Gasteiger partial charge in [0.1, 0.15) is 23.9 Å². The van der Waals surface area contributed by atoms with Crippen molar-refractivity contribution in [3.05, 3.63) is 61.2 Å². The van der Waals surface area contributed by atoms with Crippen molar-refractivity contribution in [2.24, 2.45) is 0 Å². The minimum atomic E-state index is -2.81. The maximum Gasteiger partial charge on any atom is 0.402 e. The number of halogens is 1. The van der Waals surface area contributed by atoms with E-state index < -0.39 is 54.8 Å². The molecule has 1 aromatic carbocycles. The third kappa shape index (κ3) is 6.61. The standard InChI is InChI=1S/C25H34FN2O8P.C2H6/c1-13-11-28(22(30)27-21(13)29)18-9-8-17(34-18)25(31,32)36-37-33-12-14-19(26)15(23(2,3)4)10-16(20(14)35-37)24(5,6)7;1-2/h10-11,17-18,31-32H,8-9,12H2,1-7H3,(H,27,29,30);1-2H3. The first-order valence-corrected chi connectivity index (χ1v) is 14.2. The van der Waals surface area contributed by atoms with Gasteiger partial charge in [-0.15, -0.1) is 0 Å². The highest BCUT2D eigenvalue weighted by molar-refractivity contribution is 7.42. The second-order valence-electron chi connectivity index (χ2n) is 11.6. The number of hydrogen-bond acceptors (Lipinski definition) is 8. The summed E-state index contributed by atoms with van der Waals surface area (Å²) in [5.74, 6) is -2.97. The number of aromatic nitrogens is 2. The molecule has 0 radical (unpaired) electrons. The summed E-state index contributed by atoms with van der Waals surface area (Å²) in [5, 5.41) is 21.5. The molecule has 1 fully saturated rings. The van der Waals surface area contributed by atoms with E-state index in [9.17, 15) is 19.8 Å². The Hall–Kier alpha value is -2.14. The number of hydrogen-bond donors (Lipinski definition) is 3. The minimum absolute atomic E-state index is 0.138. The van der Waals surface area contributed by atoms with Gasteiger partial charge in [-0.1, -0.05) is 55.4 Å². The van der Waals surface area contributed by atoms with Crippen LogP contribution in [0.2, 0.25) is 0 Å². The number of H-pyrrole nitrogens is 1. The normalized spacial score (nSPS) is 21.6. The quantitative estimate of drug-likeness (QED) is 0.354. The predicted octanol–water partition coefficient (Wildman–Crippen LogP) is 4.77. The van der Waals surface area contributed by atoms with Crippen LogP contribution in [0.5, 0.6) is 5.75 Å².